The number of esters is 1. The van der Waals surface area contributed by atoms with E-state index in [4.69, 9.17) is 9.52 Å². The van der Waals surface area contributed by atoms with E-state index in [1.165, 1.54) is 6.07 Å². The van der Waals surface area contributed by atoms with Gasteiger partial charge in [0, 0.05) is 6.54 Å². The van der Waals surface area contributed by atoms with Crippen molar-refractivity contribution in [3.05, 3.63) is 17.9 Å². The van der Waals surface area contributed by atoms with Crippen LogP contribution < -0.4 is 0 Å². The Kier molecular flexibility index (Phi) is 3.82. The Bertz CT molecular complexity index is 633. The number of carboxylic acid groups (broad SMARTS) is 1. The van der Waals surface area contributed by atoms with Gasteiger partial charge in [0.1, 0.15) is 6.04 Å². The number of furan rings is 1. The van der Waals surface area contributed by atoms with E-state index in [-0.39, 0.29) is 18.7 Å². The quantitative estimate of drug-likeness (QED) is 0.796. The van der Waals surface area contributed by atoms with Crippen molar-refractivity contribution in [2.45, 2.75) is 24.0 Å². The molecule has 0 spiro atoms. The molecular weight excluding hydrogens is 290 g/mol. The standard InChI is InChI=1S/C11H13NO7S/c1-18-11(15)8-4-5-9(19-8)20(16,17)12-6-2-3-7(12)10(13)14/h4-5,7H,2-3,6H2,1H3,(H,13,14)/t7-/m0/s1. The van der Waals surface area contributed by atoms with Gasteiger partial charge in [-0.25, -0.2) is 13.2 Å². The molecule has 1 atom stereocenters. The minimum atomic E-state index is -4.08. The maximum Gasteiger partial charge on any atom is 0.374 e. The van der Waals surface area contributed by atoms with Crippen LogP contribution >= 0.6 is 0 Å². The fourth-order valence-corrected chi connectivity index (χ4v) is 3.63. The van der Waals surface area contributed by atoms with Gasteiger partial charge < -0.3 is 14.3 Å². The van der Waals surface area contributed by atoms with E-state index in [0.29, 0.717) is 6.42 Å². The molecule has 0 bridgehead atoms. The fourth-order valence-electron chi connectivity index (χ4n) is 2.06. The van der Waals surface area contributed by atoms with Crippen molar-refractivity contribution in [2.75, 3.05) is 13.7 Å². The lowest BCUT2D eigenvalue weighted by Crippen LogP contribution is -2.40. The van der Waals surface area contributed by atoms with E-state index in [2.05, 4.69) is 4.74 Å². The third kappa shape index (κ3) is 2.41. The van der Waals surface area contributed by atoms with Gasteiger partial charge in [-0.05, 0) is 25.0 Å². The molecule has 1 aromatic rings. The summed E-state index contributed by atoms with van der Waals surface area (Å²) >= 11 is 0. The Morgan fingerprint density at radius 3 is 2.75 bits per heavy atom. The number of sulfonamides is 1. The van der Waals surface area contributed by atoms with E-state index >= 15 is 0 Å². The number of hydrogen-bond donors (Lipinski definition) is 1. The van der Waals surface area contributed by atoms with Crippen LogP contribution in [0.5, 0.6) is 0 Å². The first-order valence-corrected chi connectivity index (χ1v) is 7.24. The highest BCUT2D eigenvalue weighted by molar-refractivity contribution is 7.89. The third-order valence-corrected chi connectivity index (χ3v) is 4.80. The molecule has 1 N–H and O–H groups in total. The van der Waals surface area contributed by atoms with E-state index in [0.717, 1.165) is 17.5 Å². The summed E-state index contributed by atoms with van der Waals surface area (Å²) in [5, 5.41) is 8.55. The van der Waals surface area contributed by atoms with Crippen molar-refractivity contribution in [1.29, 1.82) is 0 Å². The molecule has 2 heterocycles. The summed E-state index contributed by atoms with van der Waals surface area (Å²) in [5.74, 6) is -2.26. The van der Waals surface area contributed by atoms with Gasteiger partial charge in [0.25, 0.3) is 10.0 Å². The van der Waals surface area contributed by atoms with Crippen molar-refractivity contribution in [3.8, 4) is 0 Å². The average molecular weight is 303 g/mol. The predicted octanol–water partition coefficient (Wildman–Crippen LogP) is 0.304. The number of aliphatic carboxylic acids is 1. The van der Waals surface area contributed by atoms with Crippen LogP contribution in [0.4, 0.5) is 0 Å². The first kappa shape index (κ1) is 14.5. The van der Waals surface area contributed by atoms with E-state index < -0.39 is 33.1 Å². The van der Waals surface area contributed by atoms with Crippen molar-refractivity contribution in [3.63, 3.8) is 0 Å². The summed E-state index contributed by atoms with van der Waals surface area (Å²) in [7, 11) is -2.94. The van der Waals surface area contributed by atoms with Crippen LogP contribution in [-0.4, -0.2) is 49.5 Å². The smallest absolute Gasteiger partial charge is 0.374 e. The number of rotatable bonds is 4. The Hall–Kier alpha value is -1.87. The molecular formula is C11H13NO7S. The lowest BCUT2D eigenvalue weighted by Gasteiger charge is -2.19. The Morgan fingerprint density at radius 2 is 2.15 bits per heavy atom. The van der Waals surface area contributed by atoms with Crippen LogP contribution in [0.1, 0.15) is 23.4 Å². The van der Waals surface area contributed by atoms with Gasteiger partial charge in [-0.2, -0.15) is 4.31 Å². The number of hydrogen-bond acceptors (Lipinski definition) is 6. The molecule has 1 fully saturated rings. The number of carboxylic acids is 1. The third-order valence-electron chi connectivity index (χ3n) is 3.02. The predicted molar refractivity (Wildman–Crippen MR) is 64.6 cm³/mol. The van der Waals surface area contributed by atoms with E-state index in [1.807, 2.05) is 0 Å². The second kappa shape index (κ2) is 5.25. The topological polar surface area (TPSA) is 114 Å². The van der Waals surface area contributed by atoms with Crippen LogP contribution in [0.15, 0.2) is 21.6 Å². The van der Waals surface area contributed by atoms with Gasteiger partial charge in [0.15, 0.2) is 0 Å². The van der Waals surface area contributed by atoms with Crippen molar-refractivity contribution >= 4 is 22.0 Å². The summed E-state index contributed by atoms with van der Waals surface area (Å²) in [6.07, 6.45) is 0.708. The zero-order valence-corrected chi connectivity index (χ0v) is 11.4. The Balaban J connectivity index is 2.33. The zero-order valence-electron chi connectivity index (χ0n) is 10.6. The van der Waals surface area contributed by atoms with E-state index in [9.17, 15) is 18.0 Å². The number of nitrogens with zero attached hydrogens (tertiary/aromatic N) is 1. The molecule has 0 amide bonds. The number of carbonyl (C=O) groups is 2. The second-order valence-corrected chi connectivity index (χ2v) is 6.04. The van der Waals surface area contributed by atoms with Crippen LogP contribution in [-0.2, 0) is 19.6 Å². The molecule has 0 aliphatic carbocycles. The van der Waals surface area contributed by atoms with Gasteiger partial charge in [0.2, 0.25) is 10.9 Å². The summed E-state index contributed by atoms with van der Waals surface area (Å²) in [5.41, 5.74) is 0. The highest BCUT2D eigenvalue weighted by Gasteiger charge is 2.41. The monoisotopic (exact) mass is 303 g/mol. The zero-order chi connectivity index (χ0) is 14.9. The highest BCUT2D eigenvalue weighted by atomic mass is 32.2. The van der Waals surface area contributed by atoms with Gasteiger partial charge in [0.05, 0.1) is 7.11 Å². The van der Waals surface area contributed by atoms with Crippen molar-refractivity contribution < 1.29 is 32.3 Å². The molecule has 2 rings (SSSR count). The van der Waals surface area contributed by atoms with Crippen molar-refractivity contribution in [1.82, 2.24) is 4.31 Å². The molecule has 9 heteroatoms. The van der Waals surface area contributed by atoms with Gasteiger partial charge >= 0.3 is 11.9 Å². The normalized spacial score (nSPS) is 19.9. The maximum absolute atomic E-state index is 12.3. The first-order chi connectivity index (χ1) is 9.37. The molecule has 1 aromatic heterocycles. The summed E-state index contributed by atoms with van der Waals surface area (Å²) < 4.78 is 34.8. The molecule has 0 radical (unpaired) electrons. The number of ether oxygens (including phenoxy) is 1. The molecule has 0 aromatic carbocycles. The highest BCUT2D eigenvalue weighted by Crippen LogP contribution is 2.27. The molecule has 0 unspecified atom stereocenters. The molecule has 1 aliphatic heterocycles. The average Bonchev–Trinajstić information content (AvgIpc) is 3.06. The largest absolute Gasteiger partial charge is 0.480 e. The minimum Gasteiger partial charge on any atom is -0.480 e. The van der Waals surface area contributed by atoms with Gasteiger partial charge in [-0.3, -0.25) is 4.79 Å². The Morgan fingerprint density at radius 1 is 1.45 bits per heavy atom. The molecule has 110 valence electrons. The maximum atomic E-state index is 12.3. The second-order valence-electron chi connectivity index (χ2n) is 4.22. The fraction of sp³-hybridized carbons (Fsp3) is 0.455. The van der Waals surface area contributed by atoms with Crippen LogP contribution in [0.2, 0.25) is 0 Å². The number of methoxy groups -OCH3 is 1. The lowest BCUT2D eigenvalue weighted by atomic mass is 10.2. The summed E-state index contributed by atoms with van der Waals surface area (Å²) in [4.78, 5) is 22.3. The molecule has 20 heavy (non-hydrogen) atoms. The molecule has 1 saturated heterocycles. The van der Waals surface area contributed by atoms with Gasteiger partial charge in [-0.15, -0.1) is 0 Å². The molecule has 1 aliphatic rings. The van der Waals surface area contributed by atoms with Gasteiger partial charge in [-0.1, -0.05) is 0 Å². The first-order valence-electron chi connectivity index (χ1n) is 5.80. The van der Waals surface area contributed by atoms with Crippen LogP contribution in [0.25, 0.3) is 0 Å². The Labute approximate surface area is 115 Å². The SMILES string of the molecule is COC(=O)c1ccc(S(=O)(=O)N2CCC[C@H]2C(=O)O)o1. The number of carbonyl (C=O) groups excluding carboxylic acids is 1. The molecule has 0 saturated carbocycles. The lowest BCUT2D eigenvalue weighted by molar-refractivity contribution is -0.140. The minimum absolute atomic E-state index is 0.105. The molecule has 8 nitrogen and oxygen atoms in total. The van der Waals surface area contributed by atoms with Crippen LogP contribution in [0, 0.1) is 0 Å². The van der Waals surface area contributed by atoms with E-state index in [1.54, 1.807) is 0 Å². The summed E-state index contributed by atoms with van der Waals surface area (Å²) in [6.45, 7) is 0.105. The van der Waals surface area contributed by atoms with Crippen LogP contribution in [0.3, 0.4) is 0 Å². The van der Waals surface area contributed by atoms with Crippen molar-refractivity contribution in [2.24, 2.45) is 0 Å². The summed E-state index contributed by atoms with van der Waals surface area (Å²) in [6, 6.07) is 1.18.